The number of anilines is 1. The molecule has 1 amide bonds. The molecule has 2 N–H and O–H groups in total. The Bertz CT molecular complexity index is 899. The molecule has 0 saturated heterocycles. The van der Waals surface area contributed by atoms with E-state index in [0.29, 0.717) is 10.2 Å². The second-order valence-corrected chi connectivity index (χ2v) is 6.61. The first-order chi connectivity index (χ1) is 12.0. The number of carbonyl (C=O) groups excluding carboxylic acids is 1. The van der Waals surface area contributed by atoms with Crippen LogP contribution in [0, 0.1) is 0 Å². The molecule has 6 nitrogen and oxygen atoms in total. The van der Waals surface area contributed by atoms with Crippen molar-refractivity contribution < 1.29 is 9.90 Å². The highest BCUT2D eigenvalue weighted by Gasteiger charge is 2.13. The number of amides is 1. The summed E-state index contributed by atoms with van der Waals surface area (Å²) in [6.45, 7) is 0. The van der Waals surface area contributed by atoms with E-state index in [-0.39, 0.29) is 23.1 Å². The third-order valence-electron chi connectivity index (χ3n) is 3.43. The van der Waals surface area contributed by atoms with Crippen molar-refractivity contribution in [2.24, 2.45) is 7.05 Å². The van der Waals surface area contributed by atoms with Gasteiger partial charge in [-0.15, -0.1) is 10.2 Å². The van der Waals surface area contributed by atoms with E-state index < -0.39 is 0 Å². The van der Waals surface area contributed by atoms with Crippen molar-refractivity contribution in [1.29, 1.82) is 0 Å². The maximum atomic E-state index is 12.1. The molecule has 0 radical (unpaired) electrons. The quantitative estimate of drug-likeness (QED) is 0.527. The molecule has 0 saturated carbocycles. The average Bonchev–Trinajstić information content (AvgIpc) is 2.98. The molecule has 3 rings (SSSR count). The molecule has 0 bridgehead atoms. The summed E-state index contributed by atoms with van der Waals surface area (Å²) in [6.07, 6.45) is 0. The van der Waals surface area contributed by atoms with E-state index in [1.165, 1.54) is 23.9 Å². The molecule has 0 unspecified atom stereocenters. The van der Waals surface area contributed by atoms with E-state index in [0.717, 1.165) is 11.4 Å². The number of halogens is 1. The van der Waals surface area contributed by atoms with Crippen LogP contribution >= 0.6 is 23.4 Å². The first-order valence-corrected chi connectivity index (χ1v) is 8.77. The monoisotopic (exact) mass is 374 g/mol. The van der Waals surface area contributed by atoms with Gasteiger partial charge in [-0.1, -0.05) is 53.7 Å². The minimum Gasteiger partial charge on any atom is -0.506 e. The Labute approximate surface area is 153 Å². The van der Waals surface area contributed by atoms with E-state index in [9.17, 15) is 9.90 Å². The molecule has 1 aromatic heterocycles. The van der Waals surface area contributed by atoms with Crippen LogP contribution in [0.4, 0.5) is 5.69 Å². The summed E-state index contributed by atoms with van der Waals surface area (Å²) in [5.74, 6) is 0.558. The smallest absolute Gasteiger partial charge is 0.234 e. The van der Waals surface area contributed by atoms with Gasteiger partial charge in [0.15, 0.2) is 11.0 Å². The molecule has 0 aliphatic carbocycles. The highest BCUT2D eigenvalue weighted by molar-refractivity contribution is 7.99. The molecule has 0 aliphatic rings. The minimum absolute atomic E-state index is 0.0345. The second kappa shape index (κ2) is 7.58. The highest BCUT2D eigenvalue weighted by atomic mass is 35.5. The number of benzene rings is 2. The lowest BCUT2D eigenvalue weighted by molar-refractivity contribution is -0.113. The fourth-order valence-corrected chi connectivity index (χ4v) is 3.09. The molecule has 0 aliphatic heterocycles. The number of nitrogens with zero attached hydrogens (tertiary/aromatic N) is 3. The van der Waals surface area contributed by atoms with Crippen LogP contribution in [0.5, 0.6) is 5.75 Å². The predicted molar refractivity (Wildman–Crippen MR) is 98.9 cm³/mol. The van der Waals surface area contributed by atoms with Gasteiger partial charge in [-0.2, -0.15) is 0 Å². The largest absolute Gasteiger partial charge is 0.506 e. The van der Waals surface area contributed by atoms with Gasteiger partial charge < -0.3 is 15.0 Å². The molecular formula is C17H15ClN4O2S. The fourth-order valence-electron chi connectivity index (χ4n) is 2.20. The maximum absolute atomic E-state index is 12.1. The van der Waals surface area contributed by atoms with Crippen molar-refractivity contribution in [1.82, 2.24) is 14.8 Å². The predicted octanol–water partition coefficient (Wildman–Crippen LogP) is 3.57. The van der Waals surface area contributed by atoms with Crippen molar-refractivity contribution in [2.75, 3.05) is 11.1 Å². The Hall–Kier alpha value is -2.51. The van der Waals surface area contributed by atoms with Crippen molar-refractivity contribution in [2.45, 2.75) is 5.16 Å². The van der Waals surface area contributed by atoms with Crippen molar-refractivity contribution >= 4 is 35.0 Å². The molecule has 0 spiro atoms. The van der Waals surface area contributed by atoms with E-state index in [2.05, 4.69) is 15.5 Å². The Kier molecular flexibility index (Phi) is 5.25. The Morgan fingerprint density at radius 1 is 1.24 bits per heavy atom. The summed E-state index contributed by atoms with van der Waals surface area (Å²) in [5, 5.41) is 21.7. The van der Waals surface area contributed by atoms with E-state index in [4.69, 9.17) is 11.6 Å². The standard InChI is InChI=1S/C17H15ClN4O2S/c1-22-16(11-5-3-2-4-6-11)20-21-17(22)25-10-15(24)19-13-9-12(18)7-8-14(13)23/h2-9,23H,10H2,1H3,(H,19,24). The van der Waals surface area contributed by atoms with Gasteiger partial charge in [-0.3, -0.25) is 4.79 Å². The Morgan fingerprint density at radius 2 is 2.00 bits per heavy atom. The van der Waals surface area contributed by atoms with Crippen LogP contribution in [0.15, 0.2) is 53.7 Å². The first-order valence-electron chi connectivity index (χ1n) is 7.40. The van der Waals surface area contributed by atoms with E-state index >= 15 is 0 Å². The van der Waals surface area contributed by atoms with Crippen LogP contribution in [0.1, 0.15) is 0 Å². The van der Waals surface area contributed by atoms with Gasteiger partial charge in [0.05, 0.1) is 11.4 Å². The van der Waals surface area contributed by atoms with E-state index in [1.54, 1.807) is 6.07 Å². The lowest BCUT2D eigenvalue weighted by Crippen LogP contribution is -2.14. The van der Waals surface area contributed by atoms with Crippen LogP contribution < -0.4 is 5.32 Å². The number of phenolic OH excluding ortho intramolecular Hbond substituents is 1. The summed E-state index contributed by atoms with van der Waals surface area (Å²) in [7, 11) is 1.85. The summed E-state index contributed by atoms with van der Waals surface area (Å²) in [4.78, 5) is 12.1. The number of rotatable bonds is 5. The third-order valence-corrected chi connectivity index (χ3v) is 4.69. The number of nitrogens with one attached hydrogen (secondary N) is 1. The normalized spacial score (nSPS) is 10.6. The molecule has 128 valence electrons. The summed E-state index contributed by atoms with van der Waals surface area (Å²) < 4.78 is 1.84. The molecule has 25 heavy (non-hydrogen) atoms. The molecule has 2 aromatic carbocycles. The number of thioether (sulfide) groups is 1. The third kappa shape index (κ3) is 4.12. The second-order valence-electron chi connectivity index (χ2n) is 5.23. The zero-order valence-electron chi connectivity index (χ0n) is 13.3. The van der Waals surface area contributed by atoms with Crippen LogP contribution in [0.3, 0.4) is 0 Å². The number of aromatic nitrogens is 3. The van der Waals surface area contributed by atoms with Gasteiger partial charge >= 0.3 is 0 Å². The highest BCUT2D eigenvalue weighted by Crippen LogP contribution is 2.27. The van der Waals surface area contributed by atoms with Crippen molar-refractivity contribution in [3.05, 3.63) is 53.6 Å². The van der Waals surface area contributed by atoms with Gasteiger partial charge in [0.25, 0.3) is 0 Å². The maximum Gasteiger partial charge on any atom is 0.234 e. The van der Waals surface area contributed by atoms with Gasteiger partial charge in [0, 0.05) is 17.6 Å². The molecular weight excluding hydrogens is 360 g/mol. The van der Waals surface area contributed by atoms with Gasteiger partial charge in [-0.25, -0.2) is 0 Å². The van der Waals surface area contributed by atoms with Gasteiger partial charge in [0.2, 0.25) is 5.91 Å². The molecule has 8 heteroatoms. The molecule has 3 aromatic rings. The fraction of sp³-hybridized carbons (Fsp3) is 0.118. The van der Waals surface area contributed by atoms with Crippen molar-refractivity contribution in [3.8, 4) is 17.1 Å². The number of phenols is 1. The first kappa shape index (κ1) is 17.3. The topological polar surface area (TPSA) is 80.0 Å². The van der Waals surface area contributed by atoms with Crippen molar-refractivity contribution in [3.63, 3.8) is 0 Å². The van der Waals surface area contributed by atoms with Crippen LogP contribution in [0.25, 0.3) is 11.4 Å². The van der Waals surface area contributed by atoms with Crippen LogP contribution in [-0.2, 0) is 11.8 Å². The number of carbonyl (C=O) groups is 1. The zero-order valence-corrected chi connectivity index (χ0v) is 14.9. The average molecular weight is 375 g/mol. The summed E-state index contributed by atoms with van der Waals surface area (Å²) in [6, 6.07) is 14.2. The SMILES string of the molecule is Cn1c(SCC(=O)Nc2cc(Cl)ccc2O)nnc1-c1ccccc1. The summed E-state index contributed by atoms with van der Waals surface area (Å²) in [5.41, 5.74) is 1.23. The number of hydrogen-bond donors (Lipinski definition) is 2. The zero-order chi connectivity index (χ0) is 17.8. The summed E-state index contributed by atoms with van der Waals surface area (Å²) >= 11 is 7.13. The van der Waals surface area contributed by atoms with E-state index in [1.807, 2.05) is 41.9 Å². The lowest BCUT2D eigenvalue weighted by Gasteiger charge is -2.07. The van der Waals surface area contributed by atoms with Crippen LogP contribution in [0.2, 0.25) is 5.02 Å². The van der Waals surface area contributed by atoms with Gasteiger partial charge in [-0.05, 0) is 18.2 Å². The number of hydrogen-bond acceptors (Lipinski definition) is 5. The molecule has 0 fully saturated rings. The Morgan fingerprint density at radius 3 is 2.76 bits per heavy atom. The number of aromatic hydroxyl groups is 1. The van der Waals surface area contributed by atoms with Gasteiger partial charge in [0.1, 0.15) is 5.75 Å². The lowest BCUT2D eigenvalue weighted by atomic mass is 10.2. The molecule has 1 heterocycles. The molecule has 0 atom stereocenters. The van der Waals surface area contributed by atoms with Crippen LogP contribution in [-0.4, -0.2) is 31.5 Å². The Balaban J connectivity index is 1.65. The minimum atomic E-state index is -0.271.